The number of para-hydroxylation sites is 1. The van der Waals surface area contributed by atoms with Crippen LogP contribution in [0.15, 0.2) is 24.3 Å². The first-order valence-corrected chi connectivity index (χ1v) is 8.23. The Balaban J connectivity index is 0.00000192. The summed E-state index contributed by atoms with van der Waals surface area (Å²) in [4.78, 5) is 16.3. The average molecular weight is 342 g/mol. The van der Waals surface area contributed by atoms with Crippen molar-refractivity contribution in [1.82, 2.24) is 10.2 Å². The highest BCUT2D eigenvalue weighted by atomic mass is 35.5. The van der Waals surface area contributed by atoms with Crippen LogP contribution in [0.1, 0.15) is 25.7 Å². The third kappa shape index (κ3) is 4.82. The summed E-state index contributed by atoms with van der Waals surface area (Å²) in [5, 5.41) is 3.12. The van der Waals surface area contributed by atoms with E-state index in [0.29, 0.717) is 18.3 Å². The molecule has 0 atom stereocenters. The van der Waals surface area contributed by atoms with Gasteiger partial charge in [0.1, 0.15) is 5.82 Å². The normalized spacial score (nSPS) is 19.4. The summed E-state index contributed by atoms with van der Waals surface area (Å²) in [5.41, 5.74) is 0.664. The summed E-state index contributed by atoms with van der Waals surface area (Å²) >= 11 is 0. The highest BCUT2D eigenvalue weighted by Crippen LogP contribution is 2.20. The third-order valence-corrected chi connectivity index (χ3v) is 4.65. The van der Waals surface area contributed by atoms with Gasteiger partial charge in [-0.1, -0.05) is 25.0 Å². The second-order valence-corrected chi connectivity index (χ2v) is 6.26. The van der Waals surface area contributed by atoms with Crippen molar-refractivity contribution in [3.63, 3.8) is 0 Å². The molecule has 1 saturated heterocycles. The van der Waals surface area contributed by atoms with E-state index in [4.69, 9.17) is 0 Å². The summed E-state index contributed by atoms with van der Waals surface area (Å²) in [7, 11) is 0. The van der Waals surface area contributed by atoms with E-state index in [9.17, 15) is 9.18 Å². The van der Waals surface area contributed by atoms with Crippen molar-refractivity contribution < 1.29 is 9.18 Å². The van der Waals surface area contributed by atoms with E-state index in [1.165, 1.54) is 18.9 Å². The molecule has 6 heteroatoms. The molecule has 128 valence electrons. The lowest BCUT2D eigenvalue weighted by Crippen LogP contribution is -2.50. The van der Waals surface area contributed by atoms with Gasteiger partial charge in [0.15, 0.2) is 0 Å². The molecule has 23 heavy (non-hydrogen) atoms. The Morgan fingerprint density at radius 1 is 1.13 bits per heavy atom. The molecule has 0 spiro atoms. The minimum atomic E-state index is -0.171. The first kappa shape index (κ1) is 18.0. The number of benzene rings is 1. The van der Waals surface area contributed by atoms with Crippen molar-refractivity contribution in [3.8, 4) is 0 Å². The number of piperazine rings is 1. The first-order valence-electron chi connectivity index (χ1n) is 8.23. The Morgan fingerprint density at radius 2 is 1.78 bits per heavy atom. The van der Waals surface area contributed by atoms with Crippen molar-refractivity contribution in [2.45, 2.75) is 31.7 Å². The smallest absolute Gasteiger partial charge is 0.234 e. The van der Waals surface area contributed by atoms with Crippen LogP contribution in [-0.4, -0.2) is 49.6 Å². The number of hydrogen-bond acceptors (Lipinski definition) is 3. The average Bonchev–Trinajstić information content (AvgIpc) is 3.01. The fourth-order valence-corrected chi connectivity index (χ4v) is 3.40. The second kappa shape index (κ2) is 8.50. The van der Waals surface area contributed by atoms with E-state index >= 15 is 0 Å². The minimum Gasteiger partial charge on any atom is -0.367 e. The van der Waals surface area contributed by atoms with Gasteiger partial charge in [0.25, 0.3) is 0 Å². The maximum Gasteiger partial charge on any atom is 0.234 e. The van der Waals surface area contributed by atoms with Crippen LogP contribution < -0.4 is 10.2 Å². The molecule has 4 nitrogen and oxygen atoms in total. The predicted molar refractivity (Wildman–Crippen MR) is 92.7 cm³/mol. The van der Waals surface area contributed by atoms with E-state index in [2.05, 4.69) is 15.1 Å². The van der Waals surface area contributed by atoms with E-state index in [1.807, 2.05) is 12.1 Å². The van der Waals surface area contributed by atoms with Gasteiger partial charge in [-0.2, -0.15) is 0 Å². The number of nitrogens with zero attached hydrogens (tertiary/aromatic N) is 2. The standard InChI is InChI=1S/C17H24FN3O.ClH/c18-15-7-3-4-8-16(15)21-11-9-20(10-12-21)13-17(22)19-14-5-1-2-6-14;/h3-4,7-8,14H,1-2,5-6,9-13H2,(H,19,22);1H. The Bertz CT molecular complexity index is 514. The van der Waals surface area contributed by atoms with E-state index in [0.717, 1.165) is 39.0 Å². The van der Waals surface area contributed by atoms with Crippen molar-refractivity contribution >= 4 is 24.0 Å². The molecule has 1 aromatic carbocycles. The number of nitrogens with one attached hydrogen (secondary N) is 1. The zero-order valence-electron chi connectivity index (χ0n) is 13.3. The quantitative estimate of drug-likeness (QED) is 0.913. The van der Waals surface area contributed by atoms with Crippen molar-refractivity contribution in [2.24, 2.45) is 0 Å². The number of rotatable bonds is 4. The maximum atomic E-state index is 13.8. The van der Waals surface area contributed by atoms with Gasteiger partial charge in [-0.25, -0.2) is 4.39 Å². The molecule has 0 radical (unpaired) electrons. The lowest BCUT2D eigenvalue weighted by molar-refractivity contribution is -0.123. The maximum absolute atomic E-state index is 13.8. The third-order valence-electron chi connectivity index (χ3n) is 4.65. The lowest BCUT2D eigenvalue weighted by atomic mass is 10.2. The summed E-state index contributed by atoms with van der Waals surface area (Å²) < 4.78 is 13.8. The molecule has 1 heterocycles. The topological polar surface area (TPSA) is 35.6 Å². The van der Waals surface area contributed by atoms with Gasteiger partial charge < -0.3 is 10.2 Å². The molecule has 1 aliphatic heterocycles. The molecule has 3 rings (SSSR count). The van der Waals surface area contributed by atoms with Gasteiger partial charge in [0, 0.05) is 32.2 Å². The van der Waals surface area contributed by atoms with Crippen LogP contribution in [-0.2, 0) is 4.79 Å². The van der Waals surface area contributed by atoms with E-state index in [1.54, 1.807) is 6.07 Å². The summed E-state index contributed by atoms with van der Waals surface area (Å²) in [5.74, 6) is -0.0406. The molecule has 1 aromatic rings. The van der Waals surface area contributed by atoms with Crippen molar-refractivity contribution in [3.05, 3.63) is 30.1 Å². The zero-order chi connectivity index (χ0) is 15.4. The molecule has 1 N–H and O–H groups in total. The van der Waals surface area contributed by atoms with Gasteiger partial charge in [0.2, 0.25) is 5.91 Å². The number of carbonyl (C=O) groups is 1. The molecule has 1 amide bonds. The lowest BCUT2D eigenvalue weighted by Gasteiger charge is -2.36. The van der Waals surface area contributed by atoms with Crippen LogP contribution in [0.25, 0.3) is 0 Å². The van der Waals surface area contributed by atoms with Crippen molar-refractivity contribution in [2.75, 3.05) is 37.6 Å². The second-order valence-electron chi connectivity index (χ2n) is 6.26. The Morgan fingerprint density at radius 3 is 2.43 bits per heavy atom. The summed E-state index contributed by atoms with van der Waals surface area (Å²) in [6.07, 6.45) is 4.69. The van der Waals surface area contributed by atoms with Gasteiger partial charge in [-0.15, -0.1) is 12.4 Å². The first-order chi connectivity index (χ1) is 10.7. The molecule has 0 bridgehead atoms. The molecular weight excluding hydrogens is 317 g/mol. The molecule has 2 aliphatic rings. The van der Waals surface area contributed by atoms with E-state index < -0.39 is 0 Å². The van der Waals surface area contributed by atoms with Gasteiger partial charge in [-0.3, -0.25) is 9.69 Å². The molecule has 1 saturated carbocycles. The number of anilines is 1. The van der Waals surface area contributed by atoms with Gasteiger partial charge in [-0.05, 0) is 25.0 Å². The van der Waals surface area contributed by atoms with Gasteiger partial charge >= 0.3 is 0 Å². The minimum absolute atomic E-state index is 0. The van der Waals surface area contributed by atoms with Crippen LogP contribution in [0, 0.1) is 5.82 Å². The van der Waals surface area contributed by atoms with Crippen LogP contribution in [0.4, 0.5) is 10.1 Å². The van der Waals surface area contributed by atoms with Crippen LogP contribution >= 0.6 is 12.4 Å². The highest BCUT2D eigenvalue weighted by molar-refractivity contribution is 5.85. The monoisotopic (exact) mass is 341 g/mol. The van der Waals surface area contributed by atoms with Crippen LogP contribution in [0.5, 0.6) is 0 Å². The van der Waals surface area contributed by atoms with Crippen LogP contribution in [0.2, 0.25) is 0 Å². The Hall–Kier alpha value is -1.33. The molecular formula is C17H25ClFN3O. The molecule has 2 fully saturated rings. The Kier molecular flexibility index (Phi) is 6.66. The molecule has 0 unspecified atom stereocenters. The Labute approximate surface area is 143 Å². The number of halogens is 2. The fraction of sp³-hybridized carbons (Fsp3) is 0.588. The number of carbonyl (C=O) groups excluding carboxylic acids is 1. The molecule has 0 aromatic heterocycles. The largest absolute Gasteiger partial charge is 0.367 e. The van der Waals surface area contributed by atoms with Crippen molar-refractivity contribution in [1.29, 1.82) is 0 Å². The zero-order valence-corrected chi connectivity index (χ0v) is 14.2. The summed E-state index contributed by atoms with van der Waals surface area (Å²) in [6, 6.07) is 7.27. The van der Waals surface area contributed by atoms with E-state index in [-0.39, 0.29) is 24.1 Å². The number of hydrogen-bond donors (Lipinski definition) is 1. The number of amides is 1. The van der Waals surface area contributed by atoms with Gasteiger partial charge in [0.05, 0.1) is 12.2 Å². The highest BCUT2D eigenvalue weighted by Gasteiger charge is 2.22. The SMILES string of the molecule is Cl.O=C(CN1CCN(c2ccccc2F)CC1)NC1CCCC1. The molecule has 1 aliphatic carbocycles. The fourth-order valence-electron chi connectivity index (χ4n) is 3.40. The van der Waals surface area contributed by atoms with Crippen LogP contribution in [0.3, 0.4) is 0 Å². The summed E-state index contributed by atoms with van der Waals surface area (Å²) in [6.45, 7) is 3.58. The predicted octanol–water partition coefficient (Wildman–Crippen LogP) is 2.43.